The van der Waals surface area contributed by atoms with Gasteiger partial charge in [0.05, 0.1) is 5.69 Å². The van der Waals surface area contributed by atoms with Crippen LogP contribution in [0.5, 0.6) is 0 Å². The maximum absolute atomic E-state index is 14.9. The first-order valence-electron chi connectivity index (χ1n) is 10.4. The molecule has 208 valence electrons. The summed E-state index contributed by atoms with van der Waals surface area (Å²) in [6.07, 6.45) is -13.5. The topological polar surface area (TPSA) is 58.2 Å². The average molecular weight is 786 g/mol. The van der Waals surface area contributed by atoms with Crippen molar-refractivity contribution in [1.29, 1.82) is 0 Å². The quantitative estimate of drug-likeness (QED) is 0.195. The second-order valence-corrected chi connectivity index (χ2v) is 10.2. The van der Waals surface area contributed by atoms with Crippen LogP contribution in [-0.2, 0) is 5.67 Å². The van der Waals surface area contributed by atoms with E-state index in [1.165, 1.54) is 69.4 Å². The highest BCUT2D eigenvalue weighted by Gasteiger charge is 2.81. The van der Waals surface area contributed by atoms with Gasteiger partial charge in [0.25, 0.3) is 11.8 Å². The number of benzene rings is 3. The highest BCUT2D eigenvalue weighted by Crippen LogP contribution is 2.58. The van der Waals surface area contributed by atoms with Crippen molar-refractivity contribution in [1.82, 2.24) is 0 Å². The van der Waals surface area contributed by atoms with Crippen molar-refractivity contribution in [2.45, 2.75) is 23.9 Å². The van der Waals surface area contributed by atoms with Gasteiger partial charge in [0, 0.05) is 29.5 Å². The van der Waals surface area contributed by atoms with Gasteiger partial charge in [-0.3, -0.25) is 9.59 Å². The van der Waals surface area contributed by atoms with Crippen LogP contribution in [0.15, 0.2) is 66.7 Å². The monoisotopic (exact) mass is 786 g/mol. The molecule has 2 N–H and O–H groups in total. The lowest BCUT2D eigenvalue weighted by Gasteiger charge is -2.36. The van der Waals surface area contributed by atoms with E-state index in [9.17, 15) is 49.1 Å². The van der Waals surface area contributed by atoms with Crippen LogP contribution in [0.4, 0.5) is 50.9 Å². The number of halogens is 11. The van der Waals surface area contributed by atoms with E-state index in [-0.39, 0.29) is 29.1 Å². The Morgan fingerprint density at radius 1 is 0.615 bits per heavy atom. The number of hydrogen-bond donors (Lipinski definition) is 2. The molecular formula is C24H13F9I2N2O2. The van der Waals surface area contributed by atoms with Crippen molar-refractivity contribution in [2.24, 2.45) is 0 Å². The molecule has 0 saturated carbocycles. The van der Waals surface area contributed by atoms with Gasteiger partial charge < -0.3 is 10.6 Å². The van der Waals surface area contributed by atoms with Crippen LogP contribution in [0.3, 0.4) is 0 Å². The Labute approximate surface area is 241 Å². The molecule has 15 heteroatoms. The maximum Gasteiger partial charge on any atom is 0.457 e. The Kier molecular flexibility index (Phi) is 8.84. The summed E-state index contributed by atoms with van der Waals surface area (Å²) in [5, 5.41) is 4.88. The molecule has 1 unspecified atom stereocenters. The van der Waals surface area contributed by atoms with Gasteiger partial charge in [-0.05, 0) is 87.6 Å². The lowest BCUT2D eigenvalue weighted by Crippen LogP contribution is -2.59. The molecule has 0 heterocycles. The smallest absolute Gasteiger partial charge is 0.322 e. The average Bonchev–Trinajstić information content (AvgIpc) is 2.84. The van der Waals surface area contributed by atoms with E-state index in [0.717, 1.165) is 0 Å². The fourth-order valence-electron chi connectivity index (χ4n) is 3.33. The number of hydrogen-bond acceptors (Lipinski definition) is 2. The molecule has 0 radical (unpaired) electrons. The summed E-state index contributed by atoms with van der Waals surface area (Å²) in [5.74, 6) is -8.17. The van der Waals surface area contributed by atoms with E-state index in [0.29, 0.717) is 5.56 Å². The zero-order valence-corrected chi connectivity index (χ0v) is 23.1. The van der Waals surface area contributed by atoms with Crippen molar-refractivity contribution >= 4 is 68.4 Å². The zero-order valence-electron chi connectivity index (χ0n) is 18.8. The second-order valence-electron chi connectivity index (χ2n) is 7.90. The van der Waals surface area contributed by atoms with E-state index in [1.807, 2.05) is 0 Å². The molecule has 0 aliphatic heterocycles. The molecule has 0 fully saturated rings. The number of anilines is 2. The van der Waals surface area contributed by atoms with Crippen molar-refractivity contribution in [3.8, 4) is 0 Å². The highest BCUT2D eigenvalue weighted by atomic mass is 127. The molecule has 0 saturated heterocycles. The maximum atomic E-state index is 14.9. The molecule has 2 amide bonds. The first-order chi connectivity index (χ1) is 17.9. The van der Waals surface area contributed by atoms with Crippen LogP contribution in [0.25, 0.3) is 0 Å². The predicted octanol–water partition coefficient (Wildman–Crippen LogP) is 8.33. The molecule has 0 bridgehead atoms. The van der Waals surface area contributed by atoms with E-state index in [2.05, 4.69) is 10.6 Å². The van der Waals surface area contributed by atoms with Gasteiger partial charge in [0.15, 0.2) is 0 Å². The van der Waals surface area contributed by atoms with E-state index < -0.39 is 48.5 Å². The summed E-state index contributed by atoms with van der Waals surface area (Å²) in [6.45, 7) is 0. The van der Waals surface area contributed by atoms with Gasteiger partial charge in [-0.2, -0.15) is 35.1 Å². The number of carbonyl (C=O) groups is 2. The Balaban J connectivity index is 1.92. The van der Waals surface area contributed by atoms with Crippen LogP contribution in [-0.4, -0.2) is 30.1 Å². The Morgan fingerprint density at radius 3 is 1.64 bits per heavy atom. The molecule has 0 spiro atoms. The van der Waals surface area contributed by atoms with Gasteiger partial charge in [0.2, 0.25) is 0 Å². The first-order valence-corrected chi connectivity index (χ1v) is 12.5. The summed E-state index contributed by atoms with van der Waals surface area (Å²) in [5.41, 5.74) is -7.87. The number of nitrogens with one attached hydrogen (secondary N) is 2. The fourth-order valence-corrected chi connectivity index (χ4v) is 5.36. The molecule has 3 rings (SSSR count). The second kappa shape index (κ2) is 11.1. The van der Waals surface area contributed by atoms with E-state index in [4.69, 9.17) is 0 Å². The highest BCUT2D eigenvalue weighted by molar-refractivity contribution is 14.1. The van der Waals surface area contributed by atoms with Gasteiger partial charge in [-0.15, -0.1) is 0 Å². The summed E-state index contributed by atoms with van der Waals surface area (Å²) in [6, 6.07) is 13.9. The first kappa shape index (κ1) is 31.0. The standard InChI is InChI=1S/C24H13F9I2N2O2/c25-21(23(28,29)30,22(26,27)24(31,32)33)14-10-16(34)18(17(35)11-14)37-20(39)13-7-4-8-15(9-13)36-19(38)12-5-2-1-3-6-12/h1-11H,(H,36,38)(H,37,39). The van der Waals surface area contributed by atoms with Crippen LogP contribution >= 0.6 is 45.2 Å². The van der Waals surface area contributed by atoms with Crippen molar-refractivity contribution in [2.75, 3.05) is 10.6 Å². The third-order valence-electron chi connectivity index (χ3n) is 5.28. The van der Waals surface area contributed by atoms with Gasteiger partial charge in [-0.25, -0.2) is 4.39 Å². The van der Waals surface area contributed by atoms with Crippen LogP contribution < -0.4 is 10.6 Å². The predicted molar refractivity (Wildman–Crippen MR) is 141 cm³/mol. The molecular weight excluding hydrogens is 773 g/mol. The third-order valence-corrected chi connectivity index (χ3v) is 6.98. The zero-order chi connectivity index (χ0) is 29.4. The Hall–Kier alpha value is -2.57. The summed E-state index contributed by atoms with van der Waals surface area (Å²) in [7, 11) is 0. The molecule has 3 aromatic rings. The molecule has 1 atom stereocenters. The lowest BCUT2D eigenvalue weighted by molar-refractivity contribution is -0.389. The van der Waals surface area contributed by atoms with Gasteiger partial charge >= 0.3 is 23.9 Å². The molecule has 3 aromatic carbocycles. The minimum Gasteiger partial charge on any atom is -0.322 e. The van der Waals surface area contributed by atoms with Crippen molar-refractivity contribution < 1.29 is 49.1 Å². The Morgan fingerprint density at radius 2 is 1.13 bits per heavy atom. The van der Waals surface area contributed by atoms with Gasteiger partial charge in [0.1, 0.15) is 0 Å². The van der Waals surface area contributed by atoms with E-state index in [1.54, 1.807) is 30.3 Å². The van der Waals surface area contributed by atoms with Crippen LogP contribution in [0.2, 0.25) is 0 Å². The molecule has 39 heavy (non-hydrogen) atoms. The Bertz CT molecular complexity index is 1370. The summed E-state index contributed by atoms with van der Waals surface area (Å²) in [4.78, 5) is 25.1. The molecule has 4 nitrogen and oxygen atoms in total. The van der Waals surface area contributed by atoms with E-state index >= 15 is 0 Å². The van der Waals surface area contributed by atoms with Crippen LogP contribution in [0, 0.1) is 7.14 Å². The number of rotatable bonds is 6. The summed E-state index contributed by atoms with van der Waals surface area (Å²) < 4.78 is 120. The van der Waals surface area contributed by atoms with Gasteiger partial charge in [-0.1, -0.05) is 24.3 Å². The van der Waals surface area contributed by atoms with Crippen LogP contribution in [0.1, 0.15) is 26.3 Å². The molecule has 0 aliphatic rings. The summed E-state index contributed by atoms with van der Waals surface area (Å²) >= 11 is 2.55. The number of carbonyl (C=O) groups excluding carboxylic acids is 2. The molecule has 0 aromatic heterocycles. The number of amides is 2. The third kappa shape index (κ3) is 6.12. The normalized spacial score (nSPS) is 13.9. The minimum absolute atomic E-state index is 0.0460. The number of alkyl halides is 9. The van der Waals surface area contributed by atoms with Crippen molar-refractivity contribution in [3.63, 3.8) is 0 Å². The molecule has 0 aliphatic carbocycles. The fraction of sp³-hybridized carbons (Fsp3) is 0.167. The van der Waals surface area contributed by atoms with Crippen molar-refractivity contribution in [3.05, 3.63) is 90.6 Å². The lowest BCUT2D eigenvalue weighted by atomic mass is 9.87. The largest absolute Gasteiger partial charge is 0.457 e. The minimum atomic E-state index is -6.86. The SMILES string of the molecule is O=C(Nc1cccc(C(=O)Nc2c(I)cc(C(F)(C(F)(F)F)C(F)(F)C(F)(F)F)cc2I)c1)c1ccccc1.